The van der Waals surface area contributed by atoms with E-state index >= 15 is 0 Å². The number of hydrogen-bond donors (Lipinski definition) is 1. The van der Waals surface area contributed by atoms with Crippen LogP contribution in [0.1, 0.15) is 0 Å². The average Bonchev–Trinajstić information content (AvgIpc) is 2.65. The van der Waals surface area contributed by atoms with Crippen molar-refractivity contribution in [2.75, 3.05) is 32.7 Å². The molecule has 0 saturated carbocycles. The van der Waals surface area contributed by atoms with Crippen LogP contribution >= 0.6 is 0 Å². The maximum absolute atomic E-state index is 5.40. The molecule has 24 heavy (non-hydrogen) atoms. The summed E-state index contributed by atoms with van der Waals surface area (Å²) >= 11 is 0. The van der Waals surface area contributed by atoms with Gasteiger partial charge in [0, 0.05) is 44.1 Å². The number of pyridine rings is 1. The van der Waals surface area contributed by atoms with Gasteiger partial charge in [-0.05, 0) is 24.3 Å². The zero-order chi connectivity index (χ0) is 16.8. The van der Waals surface area contributed by atoms with Crippen LogP contribution in [0.15, 0.2) is 48.8 Å². The molecular weight excluding hydrogens is 304 g/mol. The smallest absolute Gasteiger partial charge is 0.163 e. The third-order valence-electron chi connectivity index (χ3n) is 3.71. The summed E-state index contributed by atoms with van der Waals surface area (Å²) < 4.78 is 10.6. The number of nitrogens with zero attached hydrogens (tertiary/aromatic N) is 3. The van der Waals surface area contributed by atoms with E-state index in [1.165, 1.54) is 0 Å². The van der Waals surface area contributed by atoms with Gasteiger partial charge in [0.25, 0.3) is 0 Å². The van der Waals surface area contributed by atoms with Gasteiger partial charge in [-0.1, -0.05) is 12.1 Å². The minimum Gasteiger partial charge on any atom is -0.382 e. The van der Waals surface area contributed by atoms with Gasteiger partial charge in [-0.3, -0.25) is 4.98 Å². The molecule has 0 aliphatic heterocycles. The standard InChI is InChI=1S/C18H20N4O2/c1-23-12-14(24-2)11-20-18-15-7-3-4-8-16(15)21-17(22-18)13-6-5-9-19-10-13/h3-10,14H,11-12H2,1-2H3,(H,20,21,22). The number of para-hydroxylation sites is 1. The van der Waals surface area contributed by atoms with E-state index in [2.05, 4.69) is 20.3 Å². The van der Waals surface area contributed by atoms with Gasteiger partial charge in [-0.15, -0.1) is 0 Å². The lowest BCUT2D eigenvalue weighted by Crippen LogP contribution is -2.27. The van der Waals surface area contributed by atoms with Crippen LogP contribution in [-0.2, 0) is 9.47 Å². The van der Waals surface area contributed by atoms with Crippen molar-refractivity contribution in [1.82, 2.24) is 15.0 Å². The van der Waals surface area contributed by atoms with Crippen molar-refractivity contribution >= 4 is 16.7 Å². The van der Waals surface area contributed by atoms with Crippen LogP contribution in [0.25, 0.3) is 22.3 Å². The van der Waals surface area contributed by atoms with Gasteiger partial charge >= 0.3 is 0 Å². The van der Waals surface area contributed by atoms with Gasteiger partial charge in [0.1, 0.15) is 5.82 Å². The maximum atomic E-state index is 5.40. The van der Waals surface area contributed by atoms with E-state index in [4.69, 9.17) is 9.47 Å². The van der Waals surface area contributed by atoms with Gasteiger partial charge in [-0.25, -0.2) is 9.97 Å². The number of hydrogen-bond acceptors (Lipinski definition) is 6. The molecule has 124 valence electrons. The number of rotatable bonds is 7. The van der Waals surface area contributed by atoms with Gasteiger partial charge in [0.05, 0.1) is 18.2 Å². The van der Waals surface area contributed by atoms with Crippen LogP contribution in [0.4, 0.5) is 5.82 Å². The van der Waals surface area contributed by atoms with Crippen LogP contribution in [-0.4, -0.2) is 48.4 Å². The van der Waals surface area contributed by atoms with Crippen molar-refractivity contribution < 1.29 is 9.47 Å². The molecule has 0 spiro atoms. The fraction of sp³-hybridized carbons (Fsp3) is 0.278. The van der Waals surface area contributed by atoms with E-state index in [9.17, 15) is 0 Å². The molecule has 0 aliphatic carbocycles. The highest BCUT2D eigenvalue weighted by atomic mass is 16.5. The Labute approximate surface area is 140 Å². The minimum atomic E-state index is -0.0504. The molecule has 0 saturated heterocycles. The molecule has 1 unspecified atom stereocenters. The SMILES string of the molecule is COCC(CNc1nc(-c2cccnc2)nc2ccccc12)OC. The molecule has 2 aromatic heterocycles. The topological polar surface area (TPSA) is 69.2 Å². The van der Waals surface area contributed by atoms with Crippen molar-refractivity contribution in [3.05, 3.63) is 48.8 Å². The molecule has 1 N–H and O–H groups in total. The van der Waals surface area contributed by atoms with Crippen molar-refractivity contribution in [3.8, 4) is 11.4 Å². The lowest BCUT2D eigenvalue weighted by atomic mass is 10.2. The Hall–Kier alpha value is -2.57. The number of anilines is 1. The van der Waals surface area contributed by atoms with Crippen molar-refractivity contribution in [1.29, 1.82) is 0 Å². The molecule has 3 rings (SSSR count). The third-order valence-corrected chi connectivity index (χ3v) is 3.71. The molecule has 0 fully saturated rings. The van der Waals surface area contributed by atoms with E-state index in [1.807, 2.05) is 36.4 Å². The number of fused-ring (bicyclic) bond motifs is 1. The summed E-state index contributed by atoms with van der Waals surface area (Å²) in [5.41, 5.74) is 1.76. The summed E-state index contributed by atoms with van der Waals surface area (Å²) in [5, 5.41) is 4.33. The van der Waals surface area contributed by atoms with Gasteiger partial charge in [-0.2, -0.15) is 0 Å². The molecule has 1 aromatic carbocycles. The highest BCUT2D eigenvalue weighted by Gasteiger charge is 2.12. The zero-order valence-corrected chi connectivity index (χ0v) is 13.8. The van der Waals surface area contributed by atoms with Gasteiger partial charge in [0.15, 0.2) is 5.82 Å². The normalized spacial score (nSPS) is 12.2. The minimum absolute atomic E-state index is 0.0504. The molecule has 6 nitrogen and oxygen atoms in total. The monoisotopic (exact) mass is 324 g/mol. The average molecular weight is 324 g/mol. The van der Waals surface area contributed by atoms with Crippen LogP contribution in [0, 0.1) is 0 Å². The highest BCUT2D eigenvalue weighted by molar-refractivity contribution is 5.90. The summed E-state index contributed by atoms with van der Waals surface area (Å²) in [6.45, 7) is 1.11. The molecule has 2 heterocycles. The first-order valence-corrected chi connectivity index (χ1v) is 7.74. The first-order chi connectivity index (χ1) is 11.8. The molecule has 0 bridgehead atoms. The third kappa shape index (κ3) is 3.67. The van der Waals surface area contributed by atoms with E-state index in [0.29, 0.717) is 19.0 Å². The predicted octanol–water partition coefficient (Wildman–Crippen LogP) is 2.77. The highest BCUT2D eigenvalue weighted by Crippen LogP contribution is 2.24. The molecule has 3 aromatic rings. The number of nitrogens with one attached hydrogen (secondary N) is 1. The van der Waals surface area contributed by atoms with Gasteiger partial charge < -0.3 is 14.8 Å². The van der Waals surface area contributed by atoms with Crippen LogP contribution in [0.5, 0.6) is 0 Å². The molecule has 1 atom stereocenters. The molecule has 0 amide bonds. The fourth-order valence-corrected chi connectivity index (χ4v) is 2.44. The largest absolute Gasteiger partial charge is 0.382 e. The zero-order valence-electron chi connectivity index (χ0n) is 13.8. The summed E-state index contributed by atoms with van der Waals surface area (Å²) in [4.78, 5) is 13.5. The molecule has 0 radical (unpaired) electrons. The van der Waals surface area contributed by atoms with E-state index in [0.717, 1.165) is 22.3 Å². The summed E-state index contributed by atoms with van der Waals surface area (Å²) in [7, 11) is 3.33. The second-order valence-corrected chi connectivity index (χ2v) is 5.35. The Morgan fingerprint density at radius 3 is 2.71 bits per heavy atom. The van der Waals surface area contributed by atoms with Crippen LogP contribution in [0.2, 0.25) is 0 Å². The lowest BCUT2D eigenvalue weighted by Gasteiger charge is -2.16. The fourth-order valence-electron chi connectivity index (χ4n) is 2.44. The van der Waals surface area contributed by atoms with Crippen molar-refractivity contribution in [2.45, 2.75) is 6.10 Å². The Bertz CT molecular complexity index is 795. The molecule has 6 heteroatoms. The lowest BCUT2D eigenvalue weighted by molar-refractivity contribution is 0.0365. The van der Waals surface area contributed by atoms with E-state index < -0.39 is 0 Å². The summed E-state index contributed by atoms with van der Waals surface area (Å²) in [6.07, 6.45) is 3.44. The predicted molar refractivity (Wildman–Crippen MR) is 93.9 cm³/mol. The Morgan fingerprint density at radius 1 is 1.08 bits per heavy atom. The Morgan fingerprint density at radius 2 is 1.96 bits per heavy atom. The van der Waals surface area contributed by atoms with E-state index in [-0.39, 0.29) is 6.10 Å². The van der Waals surface area contributed by atoms with Crippen LogP contribution in [0.3, 0.4) is 0 Å². The maximum Gasteiger partial charge on any atom is 0.163 e. The number of methoxy groups -OCH3 is 2. The van der Waals surface area contributed by atoms with Gasteiger partial charge in [0.2, 0.25) is 0 Å². The Kier molecular flexibility index (Phi) is 5.30. The molecule has 0 aliphatic rings. The van der Waals surface area contributed by atoms with Crippen molar-refractivity contribution in [2.24, 2.45) is 0 Å². The number of aromatic nitrogens is 3. The molecular formula is C18H20N4O2. The van der Waals surface area contributed by atoms with E-state index in [1.54, 1.807) is 26.6 Å². The number of ether oxygens (including phenoxy) is 2. The Balaban J connectivity index is 1.96. The summed E-state index contributed by atoms with van der Waals surface area (Å²) in [6, 6.07) is 11.7. The first-order valence-electron chi connectivity index (χ1n) is 7.74. The van der Waals surface area contributed by atoms with Crippen molar-refractivity contribution in [3.63, 3.8) is 0 Å². The summed E-state index contributed by atoms with van der Waals surface area (Å²) in [5.74, 6) is 1.42. The quantitative estimate of drug-likeness (QED) is 0.721. The second kappa shape index (κ2) is 7.81. The number of benzene rings is 1. The van der Waals surface area contributed by atoms with Crippen LogP contribution < -0.4 is 5.32 Å². The second-order valence-electron chi connectivity index (χ2n) is 5.35. The first kappa shape index (κ1) is 16.3.